The lowest BCUT2D eigenvalue weighted by Gasteiger charge is -2.10. The SMILES string of the molecule is NCc1nc(-c2ccc3c(c2Br)OCCCO3)no1. The van der Waals surface area contributed by atoms with Gasteiger partial charge in [-0.2, -0.15) is 4.98 Å². The van der Waals surface area contributed by atoms with Crippen LogP contribution in [0.5, 0.6) is 11.5 Å². The van der Waals surface area contributed by atoms with E-state index in [0.717, 1.165) is 22.2 Å². The molecule has 0 saturated heterocycles. The average Bonchev–Trinajstić information content (AvgIpc) is 2.76. The smallest absolute Gasteiger partial charge is 0.240 e. The van der Waals surface area contributed by atoms with E-state index in [1.165, 1.54) is 0 Å². The number of ether oxygens (including phenoxy) is 2. The van der Waals surface area contributed by atoms with Crippen LogP contribution in [0, 0.1) is 0 Å². The molecule has 0 atom stereocenters. The maximum Gasteiger partial charge on any atom is 0.240 e. The monoisotopic (exact) mass is 325 g/mol. The van der Waals surface area contributed by atoms with Crippen molar-refractivity contribution in [1.29, 1.82) is 0 Å². The molecule has 3 rings (SSSR count). The average molecular weight is 326 g/mol. The number of hydrogen-bond acceptors (Lipinski definition) is 6. The first-order chi connectivity index (χ1) is 9.29. The van der Waals surface area contributed by atoms with Gasteiger partial charge in [0.25, 0.3) is 0 Å². The van der Waals surface area contributed by atoms with Crippen LogP contribution >= 0.6 is 15.9 Å². The Kier molecular flexibility index (Phi) is 3.39. The van der Waals surface area contributed by atoms with Crippen molar-refractivity contribution >= 4 is 15.9 Å². The Labute approximate surface area is 118 Å². The number of halogens is 1. The zero-order valence-corrected chi connectivity index (χ0v) is 11.6. The van der Waals surface area contributed by atoms with Gasteiger partial charge in [0, 0.05) is 12.0 Å². The van der Waals surface area contributed by atoms with Crippen molar-refractivity contribution in [1.82, 2.24) is 10.1 Å². The zero-order valence-electron chi connectivity index (χ0n) is 10.1. The lowest BCUT2D eigenvalue weighted by atomic mass is 10.2. The topological polar surface area (TPSA) is 83.4 Å². The fourth-order valence-electron chi connectivity index (χ4n) is 1.82. The minimum absolute atomic E-state index is 0.217. The van der Waals surface area contributed by atoms with Crippen molar-refractivity contribution in [2.45, 2.75) is 13.0 Å². The highest BCUT2D eigenvalue weighted by Crippen LogP contribution is 2.42. The molecule has 7 heteroatoms. The summed E-state index contributed by atoms with van der Waals surface area (Å²) >= 11 is 3.51. The summed E-state index contributed by atoms with van der Waals surface area (Å²) < 4.78 is 17.1. The molecule has 2 N–H and O–H groups in total. The highest BCUT2D eigenvalue weighted by Gasteiger charge is 2.20. The van der Waals surface area contributed by atoms with E-state index >= 15 is 0 Å². The van der Waals surface area contributed by atoms with Crippen LogP contribution in [0.2, 0.25) is 0 Å². The minimum atomic E-state index is 0.217. The molecule has 1 aromatic heterocycles. The molecule has 2 aromatic rings. The molecule has 1 aliphatic rings. The molecule has 0 fully saturated rings. The molecule has 1 aromatic carbocycles. The van der Waals surface area contributed by atoms with E-state index in [4.69, 9.17) is 19.7 Å². The van der Waals surface area contributed by atoms with Crippen molar-refractivity contribution in [3.8, 4) is 22.9 Å². The molecule has 1 aliphatic heterocycles. The first-order valence-corrected chi connectivity index (χ1v) is 6.70. The van der Waals surface area contributed by atoms with Gasteiger partial charge in [0.05, 0.1) is 24.2 Å². The van der Waals surface area contributed by atoms with Gasteiger partial charge in [0.1, 0.15) is 0 Å². The third-order valence-corrected chi connectivity index (χ3v) is 3.52. The van der Waals surface area contributed by atoms with Gasteiger partial charge in [-0.3, -0.25) is 0 Å². The number of hydrogen-bond donors (Lipinski definition) is 1. The summed E-state index contributed by atoms with van der Waals surface area (Å²) in [6, 6.07) is 3.71. The van der Waals surface area contributed by atoms with E-state index < -0.39 is 0 Å². The molecule has 0 unspecified atom stereocenters. The van der Waals surface area contributed by atoms with Crippen LogP contribution in [-0.2, 0) is 6.54 Å². The van der Waals surface area contributed by atoms with Crippen LogP contribution in [0.25, 0.3) is 11.4 Å². The third kappa shape index (κ3) is 2.31. The Balaban J connectivity index is 2.05. The molecular formula is C12H12BrN3O3. The number of nitrogens with two attached hydrogens (primary N) is 1. The zero-order chi connectivity index (χ0) is 13.2. The summed E-state index contributed by atoms with van der Waals surface area (Å²) in [6.45, 7) is 1.49. The van der Waals surface area contributed by atoms with Crippen LogP contribution in [0.3, 0.4) is 0 Å². The Morgan fingerprint density at radius 2 is 2.11 bits per heavy atom. The van der Waals surface area contributed by atoms with Crippen molar-refractivity contribution in [2.75, 3.05) is 13.2 Å². The van der Waals surface area contributed by atoms with E-state index in [1.807, 2.05) is 12.1 Å². The number of benzene rings is 1. The molecule has 0 amide bonds. The summed E-state index contributed by atoms with van der Waals surface area (Å²) in [6.07, 6.45) is 0.857. The van der Waals surface area contributed by atoms with Gasteiger partial charge in [-0.05, 0) is 28.1 Å². The summed E-state index contributed by atoms with van der Waals surface area (Å²) in [5.74, 6) is 2.27. The normalized spacial score (nSPS) is 14.2. The van der Waals surface area contributed by atoms with Crippen LogP contribution in [0.15, 0.2) is 21.1 Å². The van der Waals surface area contributed by atoms with E-state index in [2.05, 4.69) is 26.1 Å². The first-order valence-electron chi connectivity index (χ1n) is 5.90. The molecule has 0 radical (unpaired) electrons. The number of aromatic nitrogens is 2. The maximum atomic E-state index is 5.69. The quantitative estimate of drug-likeness (QED) is 0.910. The number of rotatable bonds is 2. The van der Waals surface area contributed by atoms with Gasteiger partial charge in [-0.15, -0.1) is 0 Å². The Hall–Kier alpha value is -1.60. The Morgan fingerprint density at radius 3 is 2.89 bits per heavy atom. The second-order valence-electron chi connectivity index (χ2n) is 4.02. The molecule has 0 spiro atoms. The highest BCUT2D eigenvalue weighted by molar-refractivity contribution is 9.10. The van der Waals surface area contributed by atoms with Crippen LogP contribution in [-0.4, -0.2) is 23.4 Å². The van der Waals surface area contributed by atoms with E-state index in [1.54, 1.807) is 0 Å². The van der Waals surface area contributed by atoms with Gasteiger partial charge in [-0.1, -0.05) is 5.16 Å². The molecule has 100 valence electrons. The van der Waals surface area contributed by atoms with Gasteiger partial charge < -0.3 is 19.7 Å². The predicted molar refractivity (Wildman–Crippen MR) is 70.9 cm³/mol. The standard InChI is InChI=1S/C12H12BrN3O3/c13-10-7(12-15-9(6-14)19-16-12)2-3-8-11(10)18-5-1-4-17-8/h2-3H,1,4-6,14H2. The Morgan fingerprint density at radius 1 is 1.26 bits per heavy atom. The predicted octanol–water partition coefficient (Wildman–Crippen LogP) is 2.12. The van der Waals surface area contributed by atoms with Crippen molar-refractivity contribution in [3.63, 3.8) is 0 Å². The molecule has 0 bridgehead atoms. The third-order valence-electron chi connectivity index (χ3n) is 2.74. The highest BCUT2D eigenvalue weighted by atomic mass is 79.9. The molecule has 0 aliphatic carbocycles. The van der Waals surface area contributed by atoms with Gasteiger partial charge in [0.2, 0.25) is 11.7 Å². The maximum absolute atomic E-state index is 5.69. The summed E-state index contributed by atoms with van der Waals surface area (Å²) in [5.41, 5.74) is 6.24. The lowest BCUT2D eigenvalue weighted by molar-refractivity contribution is 0.296. The lowest BCUT2D eigenvalue weighted by Crippen LogP contribution is -1.98. The summed E-state index contributed by atoms with van der Waals surface area (Å²) in [5, 5.41) is 3.90. The first kappa shape index (κ1) is 12.4. The molecule has 6 nitrogen and oxygen atoms in total. The van der Waals surface area contributed by atoms with E-state index in [-0.39, 0.29) is 6.54 Å². The largest absolute Gasteiger partial charge is 0.490 e. The fourth-order valence-corrected chi connectivity index (χ4v) is 2.44. The second-order valence-corrected chi connectivity index (χ2v) is 4.81. The number of fused-ring (bicyclic) bond motifs is 1. The van der Waals surface area contributed by atoms with E-state index in [9.17, 15) is 0 Å². The number of nitrogens with zero attached hydrogens (tertiary/aromatic N) is 2. The van der Waals surface area contributed by atoms with E-state index in [0.29, 0.717) is 30.7 Å². The molecule has 19 heavy (non-hydrogen) atoms. The van der Waals surface area contributed by atoms with Gasteiger partial charge >= 0.3 is 0 Å². The van der Waals surface area contributed by atoms with Crippen molar-refractivity contribution in [2.24, 2.45) is 5.73 Å². The van der Waals surface area contributed by atoms with Crippen LogP contribution in [0.4, 0.5) is 0 Å². The van der Waals surface area contributed by atoms with Gasteiger partial charge in [-0.25, -0.2) is 0 Å². The molecular weight excluding hydrogens is 314 g/mol. The second kappa shape index (κ2) is 5.18. The summed E-state index contributed by atoms with van der Waals surface area (Å²) in [4.78, 5) is 4.20. The van der Waals surface area contributed by atoms with Crippen molar-refractivity contribution in [3.05, 3.63) is 22.5 Å². The van der Waals surface area contributed by atoms with Crippen LogP contribution < -0.4 is 15.2 Å². The summed E-state index contributed by atoms with van der Waals surface area (Å²) in [7, 11) is 0. The van der Waals surface area contributed by atoms with Crippen LogP contribution in [0.1, 0.15) is 12.3 Å². The Bertz CT molecular complexity index is 600. The van der Waals surface area contributed by atoms with Crippen molar-refractivity contribution < 1.29 is 14.0 Å². The minimum Gasteiger partial charge on any atom is -0.490 e. The fraction of sp³-hybridized carbons (Fsp3) is 0.333. The molecule has 2 heterocycles. The molecule has 0 saturated carbocycles. The van der Waals surface area contributed by atoms with Gasteiger partial charge in [0.15, 0.2) is 11.5 Å².